The summed E-state index contributed by atoms with van der Waals surface area (Å²) in [5.74, 6) is -0.226. The van der Waals surface area contributed by atoms with E-state index in [-0.39, 0.29) is 23.3 Å². The van der Waals surface area contributed by atoms with Gasteiger partial charge in [-0.15, -0.1) is 0 Å². The summed E-state index contributed by atoms with van der Waals surface area (Å²) in [6.45, 7) is 7.03. The summed E-state index contributed by atoms with van der Waals surface area (Å²) in [6.07, 6.45) is 1.04. The predicted octanol–water partition coefficient (Wildman–Crippen LogP) is 2.65. The summed E-state index contributed by atoms with van der Waals surface area (Å²) in [5.41, 5.74) is 0.860. The Hall–Kier alpha value is -1.55. The van der Waals surface area contributed by atoms with Crippen LogP contribution in [0.25, 0.3) is 0 Å². The first-order valence-corrected chi connectivity index (χ1v) is 7.98. The molecule has 22 heavy (non-hydrogen) atoms. The number of likely N-dealkylation sites (tertiary alicyclic amines) is 1. The Balaban J connectivity index is 1.82. The molecule has 0 aromatic heterocycles. The van der Waals surface area contributed by atoms with Gasteiger partial charge in [-0.1, -0.05) is 23.7 Å². The first-order chi connectivity index (χ1) is 10.3. The van der Waals surface area contributed by atoms with Gasteiger partial charge in [0, 0.05) is 30.1 Å². The third kappa shape index (κ3) is 4.23. The smallest absolute Gasteiger partial charge is 0.225 e. The number of nitrogens with zero attached hydrogens (tertiary/aromatic N) is 1. The van der Waals surface area contributed by atoms with Crippen molar-refractivity contribution in [1.82, 2.24) is 10.2 Å². The van der Waals surface area contributed by atoms with Crippen LogP contribution in [0, 0.1) is 5.92 Å². The van der Waals surface area contributed by atoms with E-state index in [4.69, 9.17) is 11.6 Å². The molecule has 0 aliphatic carbocycles. The fraction of sp³-hybridized carbons (Fsp3) is 0.529. The number of halogens is 1. The van der Waals surface area contributed by atoms with Crippen molar-refractivity contribution in [3.63, 3.8) is 0 Å². The van der Waals surface area contributed by atoms with Crippen molar-refractivity contribution >= 4 is 23.4 Å². The van der Waals surface area contributed by atoms with Gasteiger partial charge >= 0.3 is 0 Å². The van der Waals surface area contributed by atoms with E-state index in [0.29, 0.717) is 24.5 Å². The lowest BCUT2D eigenvalue weighted by atomic mass is 10.1. The number of hydrogen-bond acceptors (Lipinski definition) is 2. The number of rotatable bonds is 4. The van der Waals surface area contributed by atoms with Gasteiger partial charge in [0.15, 0.2) is 0 Å². The maximum Gasteiger partial charge on any atom is 0.225 e. The Labute approximate surface area is 136 Å². The molecule has 1 aliphatic rings. The lowest BCUT2D eigenvalue weighted by Crippen LogP contribution is -2.43. The van der Waals surface area contributed by atoms with Crippen molar-refractivity contribution in [1.29, 1.82) is 0 Å². The SMILES string of the molecule is CC(C)(C)N1C[C@H](C(=O)NCCc2cccc(Cl)c2)CC1=O. The van der Waals surface area contributed by atoms with Crippen LogP contribution in [0.3, 0.4) is 0 Å². The van der Waals surface area contributed by atoms with Crippen LogP contribution in [0.2, 0.25) is 5.02 Å². The zero-order valence-electron chi connectivity index (χ0n) is 13.4. The van der Waals surface area contributed by atoms with Crippen LogP contribution >= 0.6 is 11.6 Å². The monoisotopic (exact) mass is 322 g/mol. The third-order valence-electron chi connectivity index (χ3n) is 3.91. The van der Waals surface area contributed by atoms with E-state index < -0.39 is 0 Å². The van der Waals surface area contributed by atoms with Gasteiger partial charge in [0.25, 0.3) is 0 Å². The van der Waals surface area contributed by atoms with Gasteiger partial charge < -0.3 is 10.2 Å². The predicted molar refractivity (Wildman–Crippen MR) is 87.7 cm³/mol. The van der Waals surface area contributed by atoms with E-state index in [1.165, 1.54) is 0 Å². The molecule has 4 nitrogen and oxygen atoms in total. The second-order valence-electron chi connectivity index (χ2n) is 6.75. The maximum atomic E-state index is 12.2. The van der Waals surface area contributed by atoms with E-state index in [1.54, 1.807) is 4.90 Å². The molecule has 2 amide bonds. The molecule has 0 unspecified atom stereocenters. The Morgan fingerprint density at radius 2 is 2.14 bits per heavy atom. The van der Waals surface area contributed by atoms with Gasteiger partial charge in [0.1, 0.15) is 0 Å². The Morgan fingerprint density at radius 3 is 2.73 bits per heavy atom. The third-order valence-corrected chi connectivity index (χ3v) is 4.14. The van der Waals surface area contributed by atoms with Crippen molar-refractivity contribution in [3.05, 3.63) is 34.9 Å². The van der Waals surface area contributed by atoms with Gasteiger partial charge in [-0.2, -0.15) is 0 Å². The van der Waals surface area contributed by atoms with Gasteiger partial charge in [-0.05, 0) is 44.9 Å². The molecule has 0 saturated carbocycles. The minimum atomic E-state index is -0.244. The number of amides is 2. The minimum absolute atomic E-state index is 0.0397. The van der Waals surface area contributed by atoms with Gasteiger partial charge in [-0.25, -0.2) is 0 Å². The Kier molecular flexibility index (Phi) is 5.12. The van der Waals surface area contributed by atoms with Crippen LogP contribution < -0.4 is 5.32 Å². The van der Waals surface area contributed by atoms with Crippen molar-refractivity contribution in [2.75, 3.05) is 13.1 Å². The van der Waals surface area contributed by atoms with E-state index in [2.05, 4.69) is 5.32 Å². The first kappa shape index (κ1) is 16.8. The molecule has 1 aromatic rings. The number of carbonyl (C=O) groups excluding carboxylic acids is 2. The van der Waals surface area contributed by atoms with Crippen molar-refractivity contribution < 1.29 is 9.59 Å². The summed E-state index contributed by atoms with van der Waals surface area (Å²) < 4.78 is 0. The molecule has 1 heterocycles. The topological polar surface area (TPSA) is 49.4 Å². The van der Waals surface area contributed by atoms with Crippen LogP contribution in [0.15, 0.2) is 24.3 Å². The molecule has 0 bridgehead atoms. The molecule has 1 saturated heterocycles. The average Bonchev–Trinajstić information content (AvgIpc) is 2.81. The molecule has 120 valence electrons. The largest absolute Gasteiger partial charge is 0.355 e. The number of benzene rings is 1. The van der Waals surface area contributed by atoms with E-state index in [0.717, 1.165) is 12.0 Å². The summed E-state index contributed by atoms with van der Waals surface area (Å²) in [6, 6.07) is 7.61. The van der Waals surface area contributed by atoms with Crippen molar-refractivity contribution in [2.45, 2.75) is 39.2 Å². The maximum absolute atomic E-state index is 12.2. The lowest BCUT2D eigenvalue weighted by molar-refractivity contribution is -0.132. The molecule has 5 heteroatoms. The summed E-state index contributed by atoms with van der Waals surface area (Å²) in [4.78, 5) is 26.0. The molecule has 1 fully saturated rings. The summed E-state index contributed by atoms with van der Waals surface area (Å²) >= 11 is 5.93. The fourth-order valence-corrected chi connectivity index (χ4v) is 2.91. The Morgan fingerprint density at radius 1 is 1.41 bits per heavy atom. The molecule has 0 radical (unpaired) electrons. The number of hydrogen-bond donors (Lipinski definition) is 1. The zero-order chi connectivity index (χ0) is 16.3. The first-order valence-electron chi connectivity index (χ1n) is 7.60. The molecule has 1 N–H and O–H groups in total. The highest BCUT2D eigenvalue weighted by Gasteiger charge is 2.39. The van der Waals surface area contributed by atoms with Crippen LogP contribution in [0.4, 0.5) is 0 Å². The fourth-order valence-electron chi connectivity index (χ4n) is 2.70. The highest BCUT2D eigenvalue weighted by Crippen LogP contribution is 2.25. The lowest BCUT2D eigenvalue weighted by Gasteiger charge is -2.31. The zero-order valence-corrected chi connectivity index (χ0v) is 14.1. The number of carbonyl (C=O) groups is 2. The van der Waals surface area contributed by atoms with Crippen LogP contribution in [-0.2, 0) is 16.0 Å². The molecule has 1 aliphatic heterocycles. The standard InChI is InChI=1S/C17H23ClN2O2/c1-17(2,3)20-11-13(10-15(20)21)16(22)19-8-7-12-5-4-6-14(18)9-12/h4-6,9,13H,7-8,10-11H2,1-3H3,(H,19,22)/t13-/m1/s1. The molecule has 2 rings (SSSR count). The van der Waals surface area contributed by atoms with Crippen LogP contribution in [0.5, 0.6) is 0 Å². The highest BCUT2D eigenvalue weighted by molar-refractivity contribution is 6.30. The van der Waals surface area contributed by atoms with Gasteiger partial charge in [0.05, 0.1) is 5.92 Å². The molecule has 1 aromatic carbocycles. The molecular formula is C17H23ClN2O2. The van der Waals surface area contributed by atoms with Gasteiger partial charge in [-0.3, -0.25) is 9.59 Å². The normalized spacial score (nSPS) is 18.6. The Bertz CT molecular complexity index is 566. The van der Waals surface area contributed by atoms with Gasteiger partial charge in [0.2, 0.25) is 11.8 Å². The second-order valence-corrected chi connectivity index (χ2v) is 7.18. The van der Waals surface area contributed by atoms with E-state index in [1.807, 2.05) is 45.0 Å². The van der Waals surface area contributed by atoms with E-state index >= 15 is 0 Å². The van der Waals surface area contributed by atoms with Crippen LogP contribution in [-0.4, -0.2) is 35.3 Å². The van der Waals surface area contributed by atoms with Crippen molar-refractivity contribution in [3.8, 4) is 0 Å². The van der Waals surface area contributed by atoms with Crippen LogP contribution in [0.1, 0.15) is 32.8 Å². The quantitative estimate of drug-likeness (QED) is 0.926. The molecule has 1 atom stereocenters. The highest BCUT2D eigenvalue weighted by atomic mass is 35.5. The molecular weight excluding hydrogens is 300 g/mol. The second kappa shape index (κ2) is 6.69. The summed E-state index contributed by atoms with van der Waals surface area (Å²) in [7, 11) is 0. The average molecular weight is 323 g/mol. The number of nitrogens with one attached hydrogen (secondary N) is 1. The molecule has 0 spiro atoms. The van der Waals surface area contributed by atoms with E-state index in [9.17, 15) is 9.59 Å². The minimum Gasteiger partial charge on any atom is -0.355 e. The summed E-state index contributed by atoms with van der Waals surface area (Å²) in [5, 5.41) is 3.62. The van der Waals surface area contributed by atoms with Crippen molar-refractivity contribution in [2.24, 2.45) is 5.92 Å².